The van der Waals surface area contributed by atoms with E-state index in [9.17, 15) is 28.1 Å². The van der Waals surface area contributed by atoms with Crippen molar-refractivity contribution in [3.8, 4) is 0 Å². The molecule has 0 radical (unpaired) electrons. The zero-order valence-electron chi connectivity index (χ0n) is 14.1. The summed E-state index contributed by atoms with van der Waals surface area (Å²) in [5.74, 6) is -0.685. The molecule has 0 atom stereocenters. The fourth-order valence-electron chi connectivity index (χ4n) is 2.69. The van der Waals surface area contributed by atoms with Crippen LogP contribution in [0.15, 0.2) is 18.2 Å². The highest BCUT2D eigenvalue weighted by molar-refractivity contribution is 6.33. The smallest absolute Gasteiger partial charge is 0.325 e. The van der Waals surface area contributed by atoms with Crippen LogP contribution >= 0.6 is 23.2 Å². The molecule has 1 aromatic heterocycles. The summed E-state index contributed by atoms with van der Waals surface area (Å²) in [6, 6.07) is 3.55. The average molecular weight is 437 g/mol. The van der Waals surface area contributed by atoms with Crippen LogP contribution in [0.25, 0.3) is 0 Å². The number of benzene rings is 1. The Morgan fingerprint density at radius 1 is 1.36 bits per heavy atom. The Hall–Kier alpha value is -2.33. The van der Waals surface area contributed by atoms with Gasteiger partial charge in [0.15, 0.2) is 5.69 Å². The quantitative estimate of drug-likeness (QED) is 0.508. The number of non-ortho nitro benzene ring substituents is 1. The van der Waals surface area contributed by atoms with Crippen molar-refractivity contribution in [3.05, 3.63) is 49.7 Å². The molecule has 1 fully saturated rings. The van der Waals surface area contributed by atoms with Crippen molar-refractivity contribution in [2.45, 2.75) is 37.9 Å². The minimum absolute atomic E-state index is 0.0396. The van der Waals surface area contributed by atoms with Crippen LogP contribution in [0, 0.1) is 10.1 Å². The van der Waals surface area contributed by atoms with Gasteiger partial charge in [-0.2, -0.15) is 18.3 Å². The summed E-state index contributed by atoms with van der Waals surface area (Å²) >= 11 is 11.8. The molecule has 0 unspecified atom stereocenters. The van der Waals surface area contributed by atoms with Crippen molar-refractivity contribution in [1.29, 1.82) is 0 Å². The summed E-state index contributed by atoms with van der Waals surface area (Å²) in [5, 5.41) is 16.4. The number of halogens is 5. The Balaban J connectivity index is 1.73. The molecule has 28 heavy (non-hydrogen) atoms. The lowest BCUT2D eigenvalue weighted by Crippen LogP contribution is -2.17. The second-order valence-electron chi connectivity index (χ2n) is 6.26. The lowest BCUT2D eigenvalue weighted by molar-refractivity contribution is -0.384. The minimum atomic E-state index is -4.69. The number of nitrogens with zero attached hydrogens (tertiary/aromatic N) is 3. The van der Waals surface area contributed by atoms with Gasteiger partial charge in [-0.05, 0) is 18.9 Å². The van der Waals surface area contributed by atoms with Crippen molar-refractivity contribution in [1.82, 2.24) is 9.78 Å². The third kappa shape index (κ3) is 4.39. The van der Waals surface area contributed by atoms with Crippen LogP contribution in [0.3, 0.4) is 0 Å². The third-order valence-corrected chi connectivity index (χ3v) is 4.85. The largest absolute Gasteiger partial charge is 0.436 e. The normalized spacial score (nSPS) is 14.2. The van der Waals surface area contributed by atoms with E-state index in [1.165, 1.54) is 12.1 Å². The standard InChI is InChI=1S/C16H13Cl2F3N4O3/c17-10-4-3-9(25(27)28)7-11(10)22-12(26)5-6-24-14(8-1-2-8)13(18)15(23-24)16(19,20)21/h3-4,7-8H,1-2,5-6H2,(H,22,26). The lowest BCUT2D eigenvalue weighted by atomic mass is 10.2. The summed E-state index contributed by atoms with van der Waals surface area (Å²) in [6.07, 6.45) is -3.49. The number of alkyl halides is 3. The van der Waals surface area contributed by atoms with Crippen LogP contribution in [-0.2, 0) is 17.5 Å². The molecule has 0 aliphatic heterocycles. The third-order valence-electron chi connectivity index (χ3n) is 4.15. The van der Waals surface area contributed by atoms with Gasteiger partial charge in [0.2, 0.25) is 5.91 Å². The molecule has 12 heteroatoms. The zero-order valence-corrected chi connectivity index (χ0v) is 15.6. The van der Waals surface area contributed by atoms with Crippen molar-refractivity contribution >= 4 is 40.5 Å². The number of nitro benzene ring substituents is 1. The molecular formula is C16H13Cl2F3N4O3. The van der Waals surface area contributed by atoms with Crippen LogP contribution in [0.1, 0.15) is 36.6 Å². The molecule has 2 aromatic rings. The summed E-state index contributed by atoms with van der Waals surface area (Å²) in [7, 11) is 0. The van der Waals surface area contributed by atoms with Crippen molar-refractivity contribution in [2.24, 2.45) is 0 Å². The Morgan fingerprint density at radius 2 is 2.04 bits per heavy atom. The molecule has 1 aliphatic carbocycles. The highest BCUT2D eigenvalue weighted by Crippen LogP contribution is 2.46. The van der Waals surface area contributed by atoms with Crippen molar-refractivity contribution in [3.63, 3.8) is 0 Å². The number of hydrogen-bond donors (Lipinski definition) is 1. The second-order valence-corrected chi connectivity index (χ2v) is 7.05. The predicted molar refractivity (Wildman–Crippen MR) is 95.6 cm³/mol. The molecule has 3 rings (SSSR count). The maximum atomic E-state index is 13.1. The van der Waals surface area contributed by atoms with Gasteiger partial charge in [-0.15, -0.1) is 0 Å². The molecule has 1 heterocycles. The monoisotopic (exact) mass is 436 g/mol. The van der Waals surface area contributed by atoms with Crippen LogP contribution < -0.4 is 5.32 Å². The van der Waals surface area contributed by atoms with E-state index in [-0.39, 0.29) is 41.0 Å². The van der Waals surface area contributed by atoms with Crippen molar-refractivity contribution in [2.75, 3.05) is 5.32 Å². The second kappa shape index (κ2) is 7.59. The van der Waals surface area contributed by atoms with E-state index in [0.717, 1.165) is 10.7 Å². The number of carbonyl (C=O) groups is 1. The van der Waals surface area contributed by atoms with E-state index in [1.807, 2.05) is 0 Å². The zero-order chi connectivity index (χ0) is 20.6. The van der Waals surface area contributed by atoms with E-state index in [2.05, 4.69) is 10.4 Å². The highest BCUT2D eigenvalue weighted by atomic mass is 35.5. The van der Waals surface area contributed by atoms with Crippen LogP contribution in [0.5, 0.6) is 0 Å². The fourth-order valence-corrected chi connectivity index (χ4v) is 3.26. The number of anilines is 1. The van der Waals surface area contributed by atoms with Crippen molar-refractivity contribution < 1.29 is 22.9 Å². The predicted octanol–water partition coefficient (Wildman–Crippen LogP) is 5.02. The van der Waals surface area contributed by atoms with E-state index >= 15 is 0 Å². The summed E-state index contributed by atoms with van der Waals surface area (Å²) in [4.78, 5) is 22.3. The Labute approximate surface area is 166 Å². The number of aromatic nitrogens is 2. The summed E-state index contributed by atoms with van der Waals surface area (Å²) < 4.78 is 40.3. The summed E-state index contributed by atoms with van der Waals surface area (Å²) in [6.45, 7) is -0.125. The van der Waals surface area contributed by atoms with Gasteiger partial charge in [-0.3, -0.25) is 19.6 Å². The molecule has 0 spiro atoms. The topological polar surface area (TPSA) is 90.1 Å². The number of amides is 1. The van der Waals surface area contributed by atoms with E-state index in [4.69, 9.17) is 23.2 Å². The first-order valence-electron chi connectivity index (χ1n) is 8.15. The maximum Gasteiger partial charge on any atom is 0.436 e. The Morgan fingerprint density at radius 3 is 2.61 bits per heavy atom. The van der Waals surface area contributed by atoms with Gasteiger partial charge in [-0.25, -0.2) is 0 Å². The van der Waals surface area contributed by atoms with E-state index in [1.54, 1.807) is 0 Å². The number of nitro groups is 1. The van der Waals surface area contributed by atoms with Crippen LogP contribution in [0.2, 0.25) is 10.0 Å². The molecular weight excluding hydrogens is 424 g/mol. The lowest BCUT2D eigenvalue weighted by Gasteiger charge is -2.09. The van der Waals surface area contributed by atoms with E-state index < -0.39 is 27.7 Å². The minimum Gasteiger partial charge on any atom is -0.325 e. The molecule has 1 aromatic carbocycles. The average Bonchev–Trinajstić information content (AvgIpc) is 3.37. The number of carbonyl (C=O) groups excluding carboxylic acids is 1. The SMILES string of the molecule is O=C(CCn1nc(C(F)(F)F)c(Cl)c1C1CC1)Nc1cc([N+](=O)[O-])ccc1Cl. The molecule has 0 saturated heterocycles. The number of hydrogen-bond acceptors (Lipinski definition) is 4. The van der Waals surface area contributed by atoms with E-state index in [0.29, 0.717) is 12.8 Å². The van der Waals surface area contributed by atoms with Crippen LogP contribution in [-0.4, -0.2) is 20.6 Å². The first-order chi connectivity index (χ1) is 13.1. The van der Waals surface area contributed by atoms with Crippen LogP contribution in [0.4, 0.5) is 24.5 Å². The molecule has 1 saturated carbocycles. The first kappa shape index (κ1) is 20.4. The molecule has 7 nitrogen and oxygen atoms in total. The Kier molecular flexibility index (Phi) is 5.53. The van der Waals surface area contributed by atoms with Gasteiger partial charge >= 0.3 is 6.18 Å². The number of aryl methyl sites for hydroxylation is 1. The van der Waals surface area contributed by atoms with Gasteiger partial charge in [-0.1, -0.05) is 23.2 Å². The van der Waals surface area contributed by atoms with Gasteiger partial charge in [0.25, 0.3) is 5.69 Å². The highest BCUT2D eigenvalue weighted by Gasteiger charge is 2.42. The molecule has 1 amide bonds. The molecule has 0 bridgehead atoms. The fraction of sp³-hybridized carbons (Fsp3) is 0.375. The summed E-state index contributed by atoms with van der Waals surface area (Å²) in [5.41, 5.74) is -1.12. The van der Waals surface area contributed by atoms with Gasteiger partial charge < -0.3 is 5.32 Å². The Bertz CT molecular complexity index is 942. The van der Waals surface area contributed by atoms with Gasteiger partial charge in [0, 0.05) is 24.5 Å². The maximum absolute atomic E-state index is 13.1. The molecule has 150 valence electrons. The van der Waals surface area contributed by atoms with Gasteiger partial charge in [0.05, 0.1) is 32.9 Å². The number of nitrogens with one attached hydrogen (secondary N) is 1. The van der Waals surface area contributed by atoms with Gasteiger partial charge in [0.1, 0.15) is 0 Å². The molecule has 1 N–H and O–H groups in total. The number of rotatable bonds is 6. The molecule has 1 aliphatic rings. The first-order valence-corrected chi connectivity index (χ1v) is 8.90.